The lowest BCUT2D eigenvalue weighted by Crippen LogP contribution is -2.39. The molecule has 0 aliphatic heterocycles. The molecule has 0 unspecified atom stereocenters. The lowest BCUT2D eigenvalue weighted by Gasteiger charge is -2.50. The van der Waals surface area contributed by atoms with Crippen LogP contribution in [0.4, 0.5) is 0 Å². The van der Waals surface area contributed by atoms with Gasteiger partial charge in [-0.05, 0) is 42.9 Å². The van der Waals surface area contributed by atoms with Crippen LogP contribution >= 0.6 is 0 Å². The van der Waals surface area contributed by atoms with E-state index in [1.165, 1.54) is 18.4 Å². The van der Waals surface area contributed by atoms with Gasteiger partial charge >= 0.3 is 5.97 Å². The maximum absolute atomic E-state index is 11.1. The Bertz CT molecular complexity index is 401. The second-order valence-electron chi connectivity index (χ2n) is 6.26. The van der Waals surface area contributed by atoms with Gasteiger partial charge in [-0.3, -0.25) is 0 Å². The Balaban J connectivity index is 2.36. The van der Waals surface area contributed by atoms with Gasteiger partial charge in [0.1, 0.15) is 0 Å². The van der Waals surface area contributed by atoms with Crippen LogP contribution in [0.25, 0.3) is 0 Å². The number of rotatable bonds is 1. The van der Waals surface area contributed by atoms with Gasteiger partial charge in [-0.2, -0.15) is 0 Å². The molecule has 2 heteroatoms. The Morgan fingerprint density at radius 1 is 1.18 bits per heavy atom. The molecular weight excluding hydrogens is 212 g/mol. The summed E-state index contributed by atoms with van der Waals surface area (Å²) in [5.41, 5.74) is 2.45. The number of carboxylic acids is 1. The third-order valence-electron chi connectivity index (χ3n) is 5.11. The molecule has 2 rings (SSSR count). The number of hydrogen-bond donors (Lipinski definition) is 1. The SMILES string of the molecule is CC1(C)CCCC2=CC=C(C(=O)O)CC[C@]21C. The quantitative estimate of drug-likeness (QED) is 0.746. The van der Waals surface area contributed by atoms with Crippen molar-refractivity contribution in [3.63, 3.8) is 0 Å². The molecule has 2 nitrogen and oxygen atoms in total. The standard InChI is InChI=1S/C15H22O2/c1-14(2)9-4-5-12-7-6-11(13(16)17)8-10-15(12,14)3/h6-7H,4-5,8-10H2,1-3H3,(H,16,17)/t15-/m1/s1. The summed E-state index contributed by atoms with van der Waals surface area (Å²) < 4.78 is 0. The first-order valence-corrected chi connectivity index (χ1v) is 6.50. The summed E-state index contributed by atoms with van der Waals surface area (Å²) in [6.07, 6.45) is 9.15. The molecule has 1 fully saturated rings. The normalized spacial score (nSPS) is 31.9. The molecule has 0 bridgehead atoms. The molecule has 2 aliphatic carbocycles. The van der Waals surface area contributed by atoms with E-state index in [-0.39, 0.29) is 10.8 Å². The zero-order valence-corrected chi connectivity index (χ0v) is 11.0. The molecule has 0 spiro atoms. The van der Waals surface area contributed by atoms with Gasteiger partial charge in [0.15, 0.2) is 0 Å². The van der Waals surface area contributed by atoms with E-state index in [1.807, 2.05) is 6.08 Å². The predicted octanol–water partition coefficient (Wildman–Crippen LogP) is 3.93. The topological polar surface area (TPSA) is 37.3 Å². The van der Waals surface area contributed by atoms with Crippen LogP contribution in [-0.2, 0) is 4.79 Å². The molecule has 0 aromatic carbocycles. The number of aliphatic carboxylic acids is 1. The van der Waals surface area contributed by atoms with Gasteiger partial charge < -0.3 is 5.11 Å². The first-order valence-electron chi connectivity index (χ1n) is 6.50. The molecule has 0 heterocycles. The van der Waals surface area contributed by atoms with Crippen LogP contribution in [0.3, 0.4) is 0 Å². The molecule has 0 saturated heterocycles. The van der Waals surface area contributed by atoms with Crippen LogP contribution in [0.5, 0.6) is 0 Å². The van der Waals surface area contributed by atoms with Crippen molar-refractivity contribution in [3.8, 4) is 0 Å². The fourth-order valence-corrected chi connectivity index (χ4v) is 3.32. The lowest BCUT2D eigenvalue weighted by atomic mass is 9.55. The van der Waals surface area contributed by atoms with Crippen molar-refractivity contribution in [1.29, 1.82) is 0 Å². The monoisotopic (exact) mass is 234 g/mol. The summed E-state index contributed by atoms with van der Waals surface area (Å²) in [7, 11) is 0. The average molecular weight is 234 g/mol. The molecule has 0 amide bonds. The fraction of sp³-hybridized carbons (Fsp3) is 0.667. The van der Waals surface area contributed by atoms with Crippen LogP contribution in [-0.4, -0.2) is 11.1 Å². The van der Waals surface area contributed by atoms with Crippen molar-refractivity contribution in [2.75, 3.05) is 0 Å². The Morgan fingerprint density at radius 2 is 1.88 bits per heavy atom. The zero-order chi connectivity index (χ0) is 12.7. The van der Waals surface area contributed by atoms with Crippen molar-refractivity contribution < 1.29 is 9.90 Å². The number of carbonyl (C=O) groups is 1. The van der Waals surface area contributed by atoms with Gasteiger partial charge in [0.25, 0.3) is 0 Å². The molecule has 1 atom stereocenters. The predicted molar refractivity (Wildman–Crippen MR) is 68.8 cm³/mol. The van der Waals surface area contributed by atoms with E-state index < -0.39 is 5.97 Å². The maximum atomic E-state index is 11.1. The minimum absolute atomic E-state index is 0.166. The van der Waals surface area contributed by atoms with Crippen molar-refractivity contribution in [2.24, 2.45) is 10.8 Å². The molecule has 2 aliphatic rings. The first-order chi connectivity index (χ1) is 7.87. The highest BCUT2D eigenvalue weighted by atomic mass is 16.4. The molecule has 1 saturated carbocycles. The molecule has 0 aromatic heterocycles. The largest absolute Gasteiger partial charge is 0.478 e. The molecule has 0 aromatic rings. The summed E-state index contributed by atoms with van der Waals surface area (Å²) in [6, 6.07) is 0. The van der Waals surface area contributed by atoms with Crippen LogP contribution in [0.2, 0.25) is 0 Å². The second kappa shape index (κ2) is 4.01. The average Bonchev–Trinajstić information content (AvgIpc) is 2.39. The zero-order valence-electron chi connectivity index (χ0n) is 11.0. The van der Waals surface area contributed by atoms with Gasteiger partial charge in [0.05, 0.1) is 0 Å². The smallest absolute Gasteiger partial charge is 0.331 e. The number of fused-ring (bicyclic) bond motifs is 1. The third-order valence-corrected chi connectivity index (χ3v) is 5.11. The maximum Gasteiger partial charge on any atom is 0.331 e. The van der Waals surface area contributed by atoms with E-state index in [4.69, 9.17) is 5.11 Å². The molecule has 94 valence electrons. The van der Waals surface area contributed by atoms with E-state index >= 15 is 0 Å². The highest BCUT2D eigenvalue weighted by Crippen LogP contribution is 2.56. The van der Waals surface area contributed by atoms with E-state index in [2.05, 4.69) is 26.8 Å². The summed E-state index contributed by atoms with van der Waals surface area (Å²) in [6.45, 7) is 6.97. The minimum Gasteiger partial charge on any atom is -0.478 e. The Hall–Kier alpha value is -1.05. The highest BCUT2D eigenvalue weighted by Gasteiger charge is 2.45. The Labute approximate surface area is 103 Å². The van der Waals surface area contributed by atoms with E-state index in [9.17, 15) is 4.79 Å². The van der Waals surface area contributed by atoms with Crippen LogP contribution in [0.1, 0.15) is 52.9 Å². The van der Waals surface area contributed by atoms with Crippen LogP contribution < -0.4 is 0 Å². The van der Waals surface area contributed by atoms with Gasteiger partial charge in [0, 0.05) is 5.57 Å². The third kappa shape index (κ3) is 1.94. The van der Waals surface area contributed by atoms with Crippen molar-refractivity contribution in [1.82, 2.24) is 0 Å². The molecular formula is C15H22O2. The van der Waals surface area contributed by atoms with Crippen molar-refractivity contribution in [2.45, 2.75) is 52.9 Å². The number of allylic oxidation sites excluding steroid dienone is 3. The highest BCUT2D eigenvalue weighted by molar-refractivity contribution is 5.87. The lowest BCUT2D eigenvalue weighted by molar-refractivity contribution is -0.132. The Kier molecular flexibility index (Phi) is 2.92. The first kappa shape index (κ1) is 12.4. The van der Waals surface area contributed by atoms with Gasteiger partial charge in [-0.15, -0.1) is 0 Å². The van der Waals surface area contributed by atoms with Crippen molar-refractivity contribution >= 4 is 5.97 Å². The summed E-state index contributed by atoms with van der Waals surface area (Å²) >= 11 is 0. The minimum atomic E-state index is -0.762. The molecule has 0 radical (unpaired) electrons. The van der Waals surface area contributed by atoms with E-state index in [0.29, 0.717) is 12.0 Å². The second-order valence-corrected chi connectivity index (χ2v) is 6.26. The van der Waals surface area contributed by atoms with E-state index in [1.54, 1.807) is 0 Å². The van der Waals surface area contributed by atoms with Crippen molar-refractivity contribution in [3.05, 3.63) is 23.3 Å². The van der Waals surface area contributed by atoms with Gasteiger partial charge in [0.2, 0.25) is 0 Å². The van der Waals surface area contributed by atoms with E-state index in [0.717, 1.165) is 12.8 Å². The molecule has 17 heavy (non-hydrogen) atoms. The van der Waals surface area contributed by atoms with Crippen LogP contribution in [0.15, 0.2) is 23.3 Å². The van der Waals surface area contributed by atoms with Gasteiger partial charge in [-0.1, -0.05) is 38.5 Å². The summed E-state index contributed by atoms with van der Waals surface area (Å²) in [5, 5.41) is 9.11. The summed E-state index contributed by atoms with van der Waals surface area (Å²) in [4.78, 5) is 11.1. The molecule has 1 N–H and O–H groups in total. The fourth-order valence-electron chi connectivity index (χ4n) is 3.32. The Morgan fingerprint density at radius 3 is 2.53 bits per heavy atom. The summed E-state index contributed by atoms with van der Waals surface area (Å²) in [5.74, 6) is -0.762. The number of carboxylic acid groups (broad SMARTS) is 1. The number of hydrogen-bond acceptors (Lipinski definition) is 1. The van der Waals surface area contributed by atoms with Crippen LogP contribution in [0, 0.1) is 10.8 Å². The van der Waals surface area contributed by atoms with Gasteiger partial charge in [-0.25, -0.2) is 4.79 Å².